The second kappa shape index (κ2) is 10.7. The number of nitrogens with one attached hydrogen (secondary N) is 1. The van der Waals surface area contributed by atoms with Crippen molar-refractivity contribution in [2.24, 2.45) is 5.92 Å². The Bertz CT molecular complexity index is 1250. The summed E-state index contributed by atoms with van der Waals surface area (Å²) >= 11 is 5.32. The number of ether oxygens (including phenoxy) is 1. The van der Waals surface area contributed by atoms with Gasteiger partial charge < -0.3 is 4.74 Å². The van der Waals surface area contributed by atoms with Gasteiger partial charge in [-0.25, -0.2) is 0 Å². The molecule has 0 aliphatic carbocycles. The molecule has 1 fully saturated rings. The van der Waals surface area contributed by atoms with Crippen LogP contribution in [0.2, 0.25) is 0 Å². The molecule has 3 aromatic carbocycles. The first kappa shape index (κ1) is 24.4. The van der Waals surface area contributed by atoms with Gasteiger partial charge in [-0.05, 0) is 78.0 Å². The second-order valence-electron chi connectivity index (χ2n) is 8.97. The number of rotatable bonds is 7. The van der Waals surface area contributed by atoms with Crippen molar-refractivity contribution in [1.29, 1.82) is 0 Å². The number of thiocarbonyl (C=S) groups is 1. The Morgan fingerprint density at radius 3 is 2.14 bits per heavy atom. The van der Waals surface area contributed by atoms with Crippen molar-refractivity contribution in [2.75, 3.05) is 4.90 Å². The Balaban J connectivity index is 1.49. The highest BCUT2D eigenvalue weighted by Gasteiger charge is 2.34. The van der Waals surface area contributed by atoms with E-state index in [1.807, 2.05) is 37.3 Å². The molecule has 0 bridgehead atoms. The maximum Gasteiger partial charge on any atom is 0.269 e. The lowest BCUT2D eigenvalue weighted by molar-refractivity contribution is -0.122. The average molecular weight is 485 g/mol. The molecule has 0 aromatic heterocycles. The number of para-hydroxylation sites is 1. The van der Waals surface area contributed by atoms with Crippen LogP contribution in [-0.4, -0.2) is 16.9 Å². The van der Waals surface area contributed by atoms with Crippen LogP contribution >= 0.6 is 12.2 Å². The molecule has 3 aromatic rings. The fourth-order valence-corrected chi connectivity index (χ4v) is 4.23. The Morgan fingerprint density at radius 1 is 0.886 bits per heavy atom. The van der Waals surface area contributed by atoms with Gasteiger partial charge in [-0.2, -0.15) is 0 Å². The normalized spacial score (nSPS) is 15.9. The molecule has 0 saturated carbocycles. The molecule has 1 atom stereocenters. The van der Waals surface area contributed by atoms with Crippen LogP contribution in [0.1, 0.15) is 37.8 Å². The number of carbonyl (C=O) groups excluding carboxylic acids is 2. The molecule has 2 amide bonds. The Morgan fingerprint density at radius 2 is 1.51 bits per heavy atom. The van der Waals surface area contributed by atoms with Gasteiger partial charge in [0.1, 0.15) is 17.1 Å². The largest absolute Gasteiger partial charge is 0.457 e. The zero-order chi connectivity index (χ0) is 24.9. The highest BCUT2D eigenvalue weighted by Crippen LogP contribution is 2.27. The predicted molar refractivity (Wildman–Crippen MR) is 143 cm³/mol. The van der Waals surface area contributed by atoms with Crippen molar-refractivity contribution in [2.45, 2.75) is 33.1 Å². The lowest BCUT2D eigenvalue weighted by Crippen LogP contribution is -2.54. The quantitative estimate of drug-likeness (QED) is 0.248. The molecule has 0 radical (unpaired) electrons. The van der Waals surface area contributed by atoms with Crippen LogP contribution in [0, 0.1) is 5.92 Å². The van der Waals surface area contributed by atoms with E-state index in [2.05, 4.69) is 43.4 Å². The minimum Gasteiger partial charge on any atom is -0.457 e. The lowest BCUT2D eigenvalue weighted by Gasteiger charge is -2.29. The van der Waals surface area contributed by atoms with Crippen LogP contribution in [0.15, 0.2) is 90.5 Å². The summed E-state index contributed by atoms with van der Waals surface area (Å²) in [4.78, 5) is 27.3. The monoisotopic (exact) mass is 484 g/mol. The van der Waals surface area contributed by atoms with Gasteiger partial charge in [0.15, 0.2) is 5.11 Å². The van der Waals surface area contributed by atoms with Gasteiger partial charge >= 0.3 is 0 Å². The minimum atomic E-state index is -0.470. The molecule has 1 aliphatic rings. The zero-order valence-corrected chi connectivity index (χ0v) is 20.8. The number of amides is 2. The molecule has 1 heterocycles. The summed E-state index contributed by atoms with van der Waals surface area (Å²) in [6, 6.07) is 24.9. The Kier molecular flexibility index (Phi) is 7.42. The first-order valence-electron chi connectivity index (χ1n) is 11.6. The fourth-order valence-electron chi connectivity index (χ4n) is 3.95. The van der Waals surface area contributed by atoms with Crippen molar-refractivity contribution >= 4 is 34.8 Å². The highest BCUT2D eigenvalue weighted by atomic mass is 32.1. The van der Waals surface area contributed by atoms with Gasteiger partial charge in [0, 0.05) is 0 Å². The molecular weight excluding hydrogens is 456 g/mol. The second-order valence-corrected chi connectivity index (χ2v) is 9.35. The third kappa shape index (κ3) is 5.84. The van der Waals surface area contributed by atoms with Crippen LogP contribution in [0.3, 0.4) is 0 Å². The van der Waals surface area contributed by atoms with Crippen LogP contribution in [0.4, 0.5) is 5.69 Å². The van der Waals surface area contributed by atoms with Crippen LogP contribution in [0.25, 0.3) is 0 Å². The molecule has 1 saturated heterocycles. The summed E-state index contributed by atoms with van der Waals surface area (Å²) in [5.74, 6) is 0.905. The van der Waals surface area contributed by atoms with E-state index in [1.54, 1.807) is 30.3 Å². The standard InChI is InChI=1S/C29H28N2O3S/c1-19(2)22-11-9-21(10-12-22)17-20(3)18-26-27(32)30-29(35)31(28(26)33)23-13-15-25(16-14-23)34-24-7-5-4-6-8-24/h4-16,18-20H,17H2,1-3H3,(H,30,32,35)/b26-18+. The molecular formula is C29H28N2O3S. The SMILES string of the molecule is CC(/C=C1\C(=O)NC(=S)N(c2ccc(Oc3ccccc3)cc2)C1=O)Cc1ccc(C(C)C)cc1. The first-order valence-corrected chi connectivity index (χ1v) is 12.1. The summed E-state index contributed by atoms with van der Waals surface area (Å²) in [5, 5.41) is 2.71. The third-order valence-electron chi connectivity index (χ3n) is 5.83. The third-order valence-corrected chi connectivity index (χ3v) is 6.12. The number of hydrogen-bond acceptors (Lipinski definition) is 4. The molecule has 1 unspecified atom stereocenters. The molecule has 4 rings (SSSR count). The van der Waals surface area contributed by atoms with E-state index >= 15 is 0 Å². The maximum atomic E-state index is 13.3. The van der Waals surface area contributed by atoms with Crippen molar-refractivity contribution in [1.82, 2.24) is 5.32 Å². The van der Waals surface area contributed by atoms with E-state index in [0.717, 1.165) is 17.7 Å². The number of allylic oxidation sites excluding steroid dienone is 1. The summed E-state index contributed by atoms with van der Waals surface area (Å²) in [6.45, 7) is 6.32. The van der Waals surface area contributed by atoms with Gasteiger partial charge in [-0.1, -0.05) is 69.3 Å². The number of nitrogens with zero attached hydrogens (tertiary/aromatic N) is 1. The summed E-state index contributed by atoms with van der Waals surface area (Å²) in [6.07, 6.45) is 2.45. The van der Waals surface area contributed by atoms with Crippen molar-refractivity contribution in [3.63, 3.8) is 0 Å². The Hall–Kier alpha value is -3.77. The Labute approximate surface area is 211 Å². The van der Waals surface area contributed by atoms with Gasteiger partial charge in [0.25, 0.3) is 11.8 Å². The van der Waals surface area contributed by atoms with E-state index in [1.165, 1.54) is 10.5 Å². The molecule has 6 heteroatoms. The average Bonchev–Trinajstić information content (AvgIpc) is 2.84. The lowest BCUT2D eigenvalue weighted by atomic mass is 9.95. The number of carbonyl (C=O) groups is 2. The molecule has 1 N–H and O–H groups in total. The van der Waals surface area contributed by atoms with Gasteiger partial charge in [0.2, 0.25) is 0 Å². The van der Waals surface area contributed by atoms with E-state index in [4.69, 9.17) is 17.0 Å². The van der Waals surface area contributed by atoms with Crippen molar-refractivity contribution in [3.05, 3.63) is 102 Å². The van der Waals surface area contributed by atoms with Gasteiger partial charge in [-0.3, -0.25) is 19.8 Å². The first-order chi connectivity index (χ1) is 16.8. The van der Waals surface area contributed by atoms with E-state index in [-0.39, 0.29) is 16.6 Å². The van der Waals surface area contributed by atoms with Crippen LogP contribution in [-0.2, 0) is 16.0 Å². The van der Waals surface area contributed by atoms with E-state index in [9.17, 15) is 9.59 Å². The minimum absolute atomic E-state index is 0.0141. The molecule has 0 spiro atoms. The predicted octanol–water partition coefficient (Wildman–Crippen LogP) is 6.16. The van der Waals surface area contributed by atoms with Crippen molar-refractivity contribution < 1.29 is 14.3 Å². The van der Waals surface area contributed by atoms with Crippen LogP contribution in [0.5, 0.6) is 11.5 Å². The smallest absolute Gasteiger partial charge is 0.269 e. The molecule has 1 aliphatic heterocycles. The summed E-state index contributed by atoms with van der Waals surface area (Å²) in [7, 11) is 0. The number of anilines is 1. The van der Waals surface area contributed by atoms with E-state index < -0.39 is 11.8 Å². The number of benzene rings is 3. The molecule has 178 valence electrons. The maximum absolute atomic E-state index is 13.3. The van der Waals surface area contributed by atoms with Gasteiger partial charge in [0.05, 0.1) is 5.69 Å². The summed E-state index contributed by atoms with van der Waals surface area (Å²) in [5.41, 5.74) is 3.09. The van der Waals surface area contributed by atoms with Crippen molar-refractivity contribution in [3.8, 4) is 11.5 Å². The fraction of sp³-hybridized carbons (Fsp3) is 0.207. The highest BCUT2D eigenvalue weighted by molar-refractivity contribution is 7.80. The number of hydrogen-bond donors (Lipinski definition) is 1. The van der Waals surface area contributed by atoms with Gasteiger partial charge in [-0.15, -0.1) is 0 Å². The zero-order valence-electron chi connectivity index (χ0n) is 20.0. The molecule has 5 nitrogen and oxygen atoms in total. The van der Waals surface area contributed by atoms with Crippen LogP contribution < -0.4 is 15.0 Å². The van der Waals surface area contributed by atoms with E-state index in [0.29, 0.717) is 17.4 Å². The summed E-state index contributed by atoms with van der Waals surface area (Å²) < 4.78 is 5.82. The molecule has 35 heavy (non-hydrogen) atoms. The topological polar surface area (TPSA) is 58.6 Å².